The summed E-state index contributed by atoms with van der Waals surface area (Å²) in [6, 6.07) is 16.3. The van der Waals surface area contributed by atoms with Crippen LogP contribution in [0.3, 0.4) is 0 Å². The average Bonchev–Trinajstić information content (AvgIpc) is 3.95. The number of aromatic nitrogens is 2. The van der Waals surface area contributed by atoms with Gasteiger partial charge in [0.05, 0.1) is 11.1 Å². The molecule has 4 amide bonds. The highest BCUT2D eigenvalue weighted by Crippen LogP contribution is 2.37. The predicted molar refractivity (Wildman–Crippen MR) is 226 cm³/mol. The van der Waals surface area contributed by atoms with E-state index in [-0.39, 0.29) is 23.6 Å². The van der Waals surface area contributed by atoms with E-state index in [1.807, 2.05) is 24.3 Å². The number of imide groups is 2. The summed E-state index contributed by atoms with van der Waals surface area (Å²) in [6.07, 6.45) is 13.2. The largest absolute Gasteiger partial charge is 0.364 e. The number of hydrogen-bond donors (Lipinski definition) is 4. The summed E-state index contributed by atoms with van der Waals surface area (Å²) < 4.78 is 0. The van der Waals surface area contributed by atoms with Crippen molar-refractivity contribution in [2.75, 3.05) is 65.4 Å². The van der Waals surface area contributed by atoms with Gasteiger partial charge in [0.1, 0.15) is 11.4 Å². The Balaban J connectivity index is 0.945. The Morgan fingerprint density at radius 2 is 0.741 bits per heavy atom. The first kappa shape index (κ1) is 38.3. The molecule has 4 N–H and O–H groups in total. The number of para-hydroxylation sites is 2. The minimum Gasteiger partial charge on any atom is -0.364 e. The Kier molecular flexibility index (Phi) is 11.2. The number of nitrogens with zero attached hydrogens (tertiary/aromatic N) is 4. The molecule has 12 nitrogen and oxygen atoms in total. The van der Waals surface area contributed by atoms with Gasteiger partial charge in [-0.15, -0.1) is 0 Å². The standard InChI is InChI=1S/C46H56N8O4/c55-43-39-37-31-15-11-13-17-33(31)47-35(37)19-9-7-5-3-1-2-4-6-8-10-20-36-38(32-16-12-14-18-34(32)48-36)40-42(46(58)50-44(40)56)54-29-25-52(26-30-54)22-21-51-23-27-53(28-24-51)41(39)45(57)49-43/h11-18,47-48H,1-10,19-30H2,(H,49,55,57)(H,50,56,58). The third-order valence-electron chi connectivity index (χ3n) is 13.1. The van der Waals surface area contributed by atoms with E-state index in [4.69, 9.17) is 0 Å². The lowest BCUT2D eigenvalue weighted by Gasteiger charge is -2.39. The highest BCUT2D eigenvalue weighted by Gasteiger charge is 2.40. The van der Waals surface area contributed by atoms with E-state index in [2.05, 4.69) is 64.5 Å². The Morgan fingerprint density at radius 1 is 0.397 bits per heavy atom. The van der Waals surface area contributed by atoms with Crippen molar-refractivity contribution in [2.24, 2.45) is 0 Å². The van der Waals surface area contributed by atoms with Crippen molar-refractivity contribution >= 4 is 56.6 Å². The summed E-state index contributed by atoms with van der Waals surface area (Å²) in [5.74, 6) is -1.21. The summed E-state index contributed by atoms with van der Waals surface area (Å²) in [4.78, 5) is 70.6. The molecule has 9 heterocycles. The zero-order valence-corrected chi connectivity index (χ0v) is 33.6. The molecule has 2 aromatic heterocycles. The summed E-state index contributed by atoms with van der Waals surface area (Å²) in [6.45, 7) is 7.64. The highest BCUT2D eigenvalue weighted by molar-refractivity contribution is 6.38. The Hall–Kier alpha value is -5.20. The predicted octanol–water partition coefficient (Wildman–Crippen LogP) is 5.32. The number of hydrogen-bond acceptors (Lipinski definition) is 8. The van der Waals surface area contributed by atoms with Gasteiger partial charge in [0.2, 0.25) is 0 Å². The summed E-state index contributed by atoms with van der Waals surface area (Å²) in [5, 5.41) is 7.29. The van der Waals surface area contributed by atoms with Gasteiger partial charge >= 0.3 is 0 Å². The van der Waals surface area contributed by atoms with E-state index in [0.29, 0.717) is 48.7 Å². The molecular formula is C46H56N8O4. The third-order valence-corrected chi connectivity index (χ3v) is 13.1. The van der Waals surface area contributed by atoms with E-state index in [9.17, 15) is 19.2 Å². The van der Waals surface area contributed by atoms with Gasteiger partial charge < -0.3 is 19.8 Å². The summed E-state index contributed by atoms with van der Waals surface area (Å²) in [5.41, 5.74) is 7.91. The number of aryl methyl sites for hydroxylation is 2. The second kappa shape index (κ2) is 17.0. The molecule has 304 valence electrons. The fraction of sp³-hybridized carbons (Fsp3) is 0.478. The highest BCUT2D eigenvalue weighted by atomic mass is 16.2. The molecule has 11 rings (SSSR count). The lowest BCUT2D eigenvalue weighted by Crippen LogP contribution is -2.51. The van der Waals surface area contributed by atoms with Crippen LogP contribution >= 0.6 is 0 Å². The maximum absolute atomic E-state index is 13.6. The smallest absolute Gasteiger partial charge is 0.275 e. The molecule has 4 bridgehead atoms. The molecule has 0 radical (unpaired) electrons. The maximum atomic E-state index is 13.6. The van der Waals surface area contributed by atoms with Crippen LogP contribution in [0.1, 0.15) is 86.7 Å². The molecule has 2 aromatic carbocycles. The number of carbonyl (C=O) groups is 4. The van der Waals surface area contributed by atoms with Crippen LogP contribution in [0, 0.1) is 0 Å². The average molecular weight is 785 g/mol. The number of fused-ring (bicyclic) bond motifs is 4. The first-order valence-electron chi connectivity index (χ1n) is 21.8. The Labute approximate surface area is 340 Å². The van der Waals surface area contributed by atoms with Crippen LogP contribution in [-0.2, 0) is 32.0 Å². The van der Waals surface area contributed by atoms with Crippen LogP contribution in [0.2, 0.25) is 0 Å². The number of H-pyrrole nitrogens is 2. The number of nitrogens with one attached hydrogen (secondary N) is 4. The summed E-state index contributed by atoms with van der Waals surface area (Å²) >= 11 is 0. The van der Waals surface area contributed by atoms with Gasteiger partial charge in [-0.1, -0.05) is 87.8 Å². The zero-order chi connectivity index (χ0) is 39.6. The topological polar surface area (TPSA) is 137 Å². The van der Waals surface area contributed by atoms with Gasteiger partial charge in [0.15, 0.2) is 0 Å². The van der Waals surface area contributed by atoms with Crippen molar-refractivity contribution in [1.29, 1.82) is 0 Å². The molecule has 2 fully saturated rings. The maximum Gasteiger partial charge on any atom is 0.275 e. The summed E-state index contributed by atoms with van der Waals surface area (Å²) in [7, 11) is 0. The molecule has 12 heteroatoms. The lowest BCUT2D eigenvalue weighted by molar-refractivity contribution is -0.126. The Morgan fingerprint density at radius 3 is 1.14 bits per heavy atom. The fourth-order valence-corrected chi connectivity index (χ4v) is 9.99. The molecule has 0 unspecified atom stereocenters. The second-order valence-electron chi connectivity index (χ2n) is 16.8. The number of amides is 4. The van der Waals surface area contributed by atoms with E-state index >= 15 is 0 Å². The van der Waals surface area contributed by atoms with Gasteiger partial charge in [-0.3, -0.25) is 39.6 Å². The van der Waals surface area contributed by atoms with Gasteiger partial charge in [-0.25, -0.2) is 0 Å². The number of benzene rings is 2. The quantitative estimate of drug-likeness (QED) is 0.176. The van der Waals surface area contributed by atoms with Crippen molar-refractivity contribution in [2.45, 2.75) is 77.0 Å². The monoisotopic (exact) mass is 784 g/mol. The van der Waals surface area contributed by atoms with Crippen molar-refractivity contribution in [3.63, 3.8) is 0 Å². The van der Waals surface area contributed by atoms with Crippen molar-refractivity contribution in [1.82, 2.24) is 40.2 Å². The Bertz CT molecular complexity index is 2120. The van der Waals surface area contributed by atoms with Crippen molar-refractivity contribution in [3.05, 3.63) is 82.4 Å². The minimum atomic E-state index is -0.303. The molecule has 0 saturated carbocycles. The van der Waals surface area contributed by atoms with Crippen molar-refractivity contribution < 1.29 is 19.2 Å². The third kappa shape index (κ3) is 7.59. The first-order chi connectivity index (χ1) is 28.4. The molecule has 7 aliphatic rings. The van der Waals surface area contributed by atoms with Crippen LogP contribution in [0.25, 0.3) is 33.0 Å². The molecule has 0 aliphatic carbocycles. The van der Waals surface area contributed by atoms with Crippen LogP contribution in [-0.4, -0.2) is 119 Å². The SMILES string of the molecule is O=C1NC(=O)C2=C1c1c([nH]c3ccccc13)CCCCCCCCCCCCc1[nH]c3ccccc3c1C1=C(C(=O)NC1=O)N1CCN(CCN3CCN2CC3)CC1. The van der Waals surface area contributed by atoms with E-state index in [1.54, 1.807) is 0 Å². The van der Waals surface area contributed by atoms with Crippen LogP contribution in [0.4, 0.5) is 0 Å². The normalized spacial score (nSPS) is 23.6. The minimum absolute atomic E-state index is 0.301. The first-order valence-corrected chi connectivity index (χ1v) is 21.8. The van der Waals surface area contributed by atoms with E-state index in [1.165, 1.54) is 38.5 Å². The molecule has 2 saturated heterocycles. The van der Waals surface area contributed by atoms with Crippen LogP contribution < -0.4 is 10.6 Å². The number of carbonyl (C=O) groups excluding carboxylic acids is 4. The van der Waals surface area contributed by atoms with Gasteiger partial charge in [0.25, 0.3) is 23.6 Å². The molecule has 0 atom stereocenters. The molecule has 58 heavy (non-hydrogen) atoms. The van der Waals surface area contributed by atoms with Gasteiger partial charge in [-0.2, -0.15) is 0 Å². The van der Waals surface area contributed by atoms with Gasteiger partial charge in [0, 0.05) is 110 Å². The fourth-order valence-electron chi connectivity index (χ4n) is 9.99. The molecule has 0 spiro atoms. The van der Waals surface area contributed by atoms with Crippen LogP contribution in [0.15, 0.2) is 59.9 Å². The molecule has 7 aliphatic heterocycles. The van der Waals surface area contributed by atoms with Crippen molar-refractivity contribution in [3.8, 4) is 0 Å². The number of aromatic amines is 2. The van der Waals surface area contributed by atoms with Crippen LogP contribution in [0.5, 0.6) is 0 Å². The number of piperazine rings is 2. The molecular weight excluding hydrogens is 729 g/mol. The second-order valence-corrected chi connectivity index (χ2v) is 16.8. The molecule has 4 aromatic rings. The van der Waals surface area contributed by atoms with E-state index < -0.39 is 0 Å². The zero-order valence-electron chi connectivity index (χ0n) is 33.6. The van der Waals surface area contributed by atoms with E-state index in [0.717, 1.165) is 122 Å². The van der Waals surface area contributed by atoms with Gasteiger partial charge in [-0.05, 0) is 37.8 Å². The lowest BCUT2D eigenvalue weighted by atomic mass is 9.97. The number of rotatable bonds is 0.